The van der Waals surface area contributed by atoms with Crippen LogP contribution in [-0.2, 0) is 11.3 Å². The zero-order valence-electron chi connectivity index (χ0n) is 13.7. The molecule has 0 fully saturated rings. The van der Waals surface area contributed by atoms with Crippen LogP contribution >= 0.6 is 11.3 Å². The molecule has 3 aromatic rings. The molecule has 24 heavy (non-hydrogen) atoms. The Morgan fingerprint density at radius 1 is 1.29 bits per heavy atom. The molecule has 0 saturated carbocycles. The van der Waals surface area contributed by atoms with Crippen LogP contribution in [0, 0.1) is 0 Å². The third-order valence-corrected chi connectivity index (χ3v) is 4.48. The van der Waals surface area contributed by atoms with E-state index in [4.69, 9.17) is 13.9 Å². The zero-order chi connectivity index (χ0) is 16.9. The van der Waals surface area contributed by atoms with Gasteiger partial charge < -0.3 is 18.8 Å². The van der Waals surface area contributed by atoms with E-state index in [1.165, 1.54) is 0 Å². The van der Waals surface area contributed by atoms with Crippen molar-refractivity contribution < 1.29 is 18.7 Å². The molecule has 0 atom stereocenters. The van der Waals surface area contributed by atoms with E-state index >= 15 is 0 Å². The van der Waals surface area contributed by atoms with E-state index < -0.39 is 0 Å². The number of furan rings is 1. The zero-order valence-corrected chi connectivity index (χ0v) is 14.5. The molecule has 2 aromatic heterocycles. The SMILES string of the molecule is COCCN(Cc1ccsc1)C(=O)c1cc2cccc(OC)c2o1. The molecule has 0 saturated heterocycles. The van der Waals surface area contributed by atoms with Crippen LogP contribution in [-0.4, -0.2) is 38.2 Å². The molecular weight excluding hydrogens is 326 g/mol. The number of hydrogen-bond donors (Lipinski definition) is 0. The number of methoxy groups -OCH3 is 2. The van der Waals surface area contributed by atoms with Gasteiger partial charge in [0.1, 0.15) is 0 Å². The lowest BCUT2D eigenvalue weighted by molar-refractivity contribution is 0.0652. The van der Waals surface area contributed by atoms with E-state index in [0.717, 1.165) is 10.9 Å². The van der Waals surface area contributed by atoms with E-state index in [1.807, 2.05) is 35.0 Å². The maximum atomic E-state index is 12.9. The van der Waals surface area contributed by atoms with Crippen LogP contribution in [0.3, 0.4) is 0 Å². The van der Waals surface area contributed by atoms with Gasteiger partial charge in [0.25, 0.3) is 5.91 Å². The molecular formula is C18H19NO4S. The summed E-state index contributed by atoms with van der Waals surface area (Å²) in [7, 11) is 3.21. The molecule has 0 spiro atoms. The number of para-hydroxylation sites is 1. The molecule has 0 radical (unpaired) electrons. The van der Waals surface area contributed by atoms with Crippen molar-refractivity contribution in [2.75, 3.05) is 27.4 Å². The summed E-state index contributed by atoms with van der Waals surface area (Å²) in [4.78, 5) is 14.6. The van der Waals surface area contributed by atoms with E-state index in [1.54, 1.807) is 36.5 Å². The average Bonchev–Trinajstić information content (AvgIpc) is 3.26. The summed E-state index contributed by atoms with van der Waals surface area (Å²) in [5.74, 6) is 0.769. The summed E-state index contributed by atoms with van der Waals surface area (Å²) in [6, 6.07) is 9.36. The van der Waals surface area contributed by atoms with Gasteiger partial charge in [-0.1, -0.05) is 12.1 Å². The van der Waals surface area contributed by atoms with Crippen molar-refractivity contribution in [3.8, 4) is 5.75 Å². The summed E-state index contributed by atoms with van der Waals surface area (Å²) in [5.41, 5.74) is 1.68. The van der Waals surface area contributed by atoms with Crippen molar-refractivity contribution in [3.63, 3.8) is 0 Å². The van der Waals surface area contributed by atoms with Crippen molar-refractivity contribution in [2.24, 2.45) is 0 Å². The molecule has 0 aliphatic heterocycles. The van der Waals surface area contributed by atoms with Crippen LogP contribution in [0.25, 0.3) is 11.0 Å². The highest BCUT2D eigenvalue weighted by Gasteiger charge is 2.21. The van der Waals surface area contributed by atoms with Gasteiger partial charge in [-0.25, -0.2) is 0 Å². The van der Waals surface area contributed by atoms with Gasteiger partial charge in [-0.15, -0.1) is 0 Å². The van der Waals surface area contributed by atoms with Gasteiger partial charge in [-0.3, -0.25) is 4.79 Å². The van der Waals surface area contributed by atoms with Gasteiger partial charge in [0, 0.05) is 25.6 Å². The van der Waals surface area contributed by atoms with E-state index in [2.05, 4.69) is 0 Å². The standard InChI is InChI=1S/C18H19NO4S/c1-21-8-7-19(11-13-6-9-24-12-13)18(20)16-10-14-4-3-5-15(22-2)17(14)23-16/h3-6,9-10,12H,7-8,11H2,1-2H3. The molecule has 2 heterocycles. The number of ether oxygens (including phenoxy) is 2. The molecule has 0 aliphatic rings. The number of fused-ring (bicyclic) bond motifs is 1. The predicted octanol–water partition coefficient (Wildman–Crippen LogP) is 3.79. The fourth-order valence-corrected chi connectivity index (χ4v) is 3.18. The molecule has 5 nitrogen and oxygen atoms in total. The molecule has 1 aromatic carbocycles. The number of benzene rings is 1. The minimum Gasteiger partial charge on any atom is -0.493 e. The third kappa shape index (κ3) is 3.44. The Hall–Kier alpha value is -2.31. The molecule has 126 valence electrons. The van der Waals surface area contributed by atoms with Gasteiger partial charge in [0.2, 0.25) is 0 Å². The second-order valence-corrected chi connectivity index (χ2v) is 6.12. The molecule has 6 heteroatoms. The maximum absolute atomic E-state index is 12.9. The Bertz CT molecular complexity index is 810. The van der Waals surface area contributed by atoms with Crippen molar-refractivity contribution in [1.82, 2.24) is 4.90 Å². The molecule has 0 aliphatic carbocycles. The summed E-state index contributed by atoms with van der Waals surface area (Å²) in [5, 5.41) is 4.88. The highest BCUT2D eigenvalue weighted by atomic mass is 32.1. The summed E-state index contributed by atoms with van der Waals surface area (Å²) in [6.07, 6.45) is 0. The molecule has 0 N–H and O–H groups in total. The first-order valence-corrected chi connectivity index (χ1v) is 8.53. The van der Waals surface area contributed by atoms with E-state index in [-0.39, 0.29) is 5.91 Å². The Morgan fingerprint density at radius 2 is 2.17 bits per heavy atom. The van der Waals surface area contributed by atoms with E-state index in [9.17, 15) is 4.79 Å². The first kappa shape index (κ1) is 16.5. The first-order chi connectivity index (χ1) is 11.7. The quantitative estimate of drug-likeness (QED) is 0.654. The van der Waals surface area contributed by atoms with Crippen molar-refractivity contribution in [3.05, 3.63) is 52.4 Å². The summed E-state index contributed by atoms with van der Waals surface area (Å²) >= 11 is 1.61. The molecule has 0 unspecified atom stereocenters. The van der Waals surface area contributed by atoms with Gasteiger partial charge in [-0.2, -0.15) is 11.3 Å². The van der Waals surface area contributed by atoms with Gasteiger partial charge in [0.15, 0.2) is 17.1 Å². The number of thiophene rings is 1. The van der Waals surface area contributed by atoms with Crippen LogP contribution in [0.5, 0.6) is 5.75 Å². The first-order valence-electron chi connectivity index (χ1n) is 7.58. The summed E-state index contributed by atoms with van der Waals surface area (Å²) < 4.78 is 16.2. The van der Waals surface area contributed by atoms with Crippen LogP contribution in [0.4, 0.5) is 0 Å². The lowest BCUT2D eigenvalue weighted by Crippen LogP contribution is -2.33. The predicted molar refractivity (Wildman–Crippen MR) is 93.7 cm³/mol. The molecule has 1 amide bonds. The minimum absolute atomic E-state index is 0.156. The van der Waals surface area contributed by atoms with Gasteiger partial charge in [-0.05, 0) is 34.5 Å². The minimum atomic E-state index is -0.156. The van der Waals surface area contributed by atoms with Crippen LogP contribution in [0.2, 0.25) is 0 Å². The highest BCUT2D eigenvalue weighted by Crippen LogP contribution is 2.29. The highest BCUT2D eigenvalue weighted by molar-refractivity contribution is 7.07. The number of hydrogen-bond acceptors (Lipinski definition) is 5. The largest absolute Gasteiger partial charge is 0.493 e. The monoisotopic (exact) mass is 345 g/mol. The number of nitrogens with zero attached hydrogens (tertiary/aromatic N) is 1. The number of rotatable bonds is 7. The Balaban J connectivity index is 1.88. The Kier molecular flexibility index (Phi) is 5.17. The fourth-order valence-electron chi connectivity index (χ4n) is 2.52. The van der Waals surface area contributed by atoms with Crippen LogP contribution in [0.1, 0.15) is 16.1 Å². The Morgan fingerprint density at radius 3 is 2.88 bits per heavy atom. The number of amides is 1. The summed E-state index contributed by atoms with van der Waals surface area (Å²) in [6.45, 7) is 1.50. The topological polar surface area (TPSA) is 51.9 Å². The second-order valence-electron chi connectivity index (χ2n) is 5.34. The van der Waals surface area contributed by atoms with Crippen molar-refractivity contribution in [2.45, 2.75) is 6.54 Å². The van der Waals surface area contributed by atoms with Gasteiger partial charge in [0.05, 0.1) is 13.7 Å². The van der Waals surface area contributed by atoms with E-state index in [0.29, 0.717) is 36.8 Å². The molecule has 0 bridgehead atoms. The number of carbonyl (C=O) groups excluding carboxylic acids is 1. The average molecular weight is 345 g/mol. The Labute approximate surface area is 144 Å². The van der Waals surface area contributed by atoms with Crippen molar-refractivity contribution in [1.29, 1.82) is 0 Å². The smallest absolute Gasteiger partial charge is 0.289 e. The number of carbonyl (C=O) groups is 1. The van der Waals surface area contributed by atoms with Crippen molar-refractivity contribution >= 4 is 28.2 Å². The normalized spacial score (nSPS) is 10.9. The maximum Gasteiger partial charge on any atom is 0.289 e. The third-order valence-electron chi connectivity index (χ3n) is 3.74. The second kappa shape index (κ2) is 7.51. The van der Waals surface area contributed by atoms with Crippen LogP contribution < -0.4 is 4.74 Å². The fraction of sp³-hybridized carbons (Fsp3) is 0.278. The lowest BCUT2D eigenvalue weighted by Gasteiger charge is -2.20. The lowest BCUT2D eigenvalue weighted by atomic mass is 10.2. The molecule has 3 rings (SSSR count). The van der Waals surface area contributed by atoms with Crippen LogP contribution in [0.15, 0.2) is 45.5 Å². The van der Waals surface area contributed by atoms with Gasteiger partial charge >= 0.3 is 0 Å².